The minimum absolute atomic E-state index is 0.0600. The molecule has 5 heteroatoms. The van der Waals surface area contributed by atoms with Crippen molar-refractivity contribution in [1.82, 2.24) is 4.90 Å². The van der Waals surface area contributed by atoms with Crippen molar-refractivity contribution < 1.29 is 19.1 Å². The van der Waals surface area contributed by atoms with Gasteiger partial charge in [-0.1, -0.05) is 30.3 Å². The van der Waals surface area contributed by atoms with Crippen molar-refractivity contribution in [2.45, 2.75) is 45.6 Å². The normalized spacial score (nSPS) is 18.3. The molecular formula is C16H21NO4. The van der Waals surface area contributed by atoms with Crippen LogP contribution in [0, 0.1) is 0 Å². The molecule has 21 heavy (non-hydrogen) atoms. The molecule has 0 N–H and O–H groups in total. The van der Waals surface area contributed by atoms with Gasteiger partial charge in [0.05, 0.1) is 13.0 Å². The fourth-order valence-corrected chi connectivity index (χ4v) is 2.04. The Morgan fingerprint density at radius 1 is 1.29 bits per heavy atom. The lowest BCUT2D eigenvalue weighted by Gasteiger charge is -2.39. The van der Waals surface area contributed by atoms with Crippen LogP contribution in [0.15, 0.2) is 30.3 Å². The number of benzene rings is 1. The van der Waals surface area contributed by atoms with Crippen molar-refractivity contribution >= 4 is 11.9 Å². The van der Waals surface area contributed by atoms with E-state index in [0.29, 0.717) is 13.0 Å². The Bertz CT molecular complexity index is 507. The van der Waals surface area contributed by atoms with Gasteiger partial charge in [0.2, 0.25) is 5.91 Å². The predicted molar refractivity (Wildman–Crippen MR) is 77.2 cm³/mol. The molecule has 1 amide bonds. The van der Waals surface area contributed by atoms with E-state index >= 15 is 0 Å². The molecule has 1 unspecified atom stereocenters. The molecule has 1 aliphatic heterocycles. The van der Waals surface area contributed by atoms with Crippen LogP contribution < -0.4 is 0 Å². The second-order valence-corrected chi connectivity index (χ2v) is 6.06. The van der Waals surface area contributed by atoms with Gasteiger partial charge in [-0.3, -0.25) is 9.59 Å². The van der Waals surface area contributed by atoms with Gasteiger partial charge in [-0.2, -0.15) is 0 Å². The molecule has 1 atom stereocenters. The number of rotatable bonds is 5. The molecule has 1 aliphatic rings. The predicted octanol–water partition coefficient (Wildman–Crippen LogP) is 2.10. The first-order chi connectivity index (χ1) is 9.85. The van der Waals surface area contributed by atoms with E-state index in [1.807, 2.05) is 30.3 Å². The Labute approximate surface area is 124 Å². The molecular weight excluding hydrogens is 270 g/mol. The summed E-state index contributed by atoms with van der Waals surface area (Å²) in [6.45, 7) is 5.75. The third-order valence-electron chi connectivity index (χ3n) is 3.02. The second kappa shape index (κ2) is 6.26. The first-order valence-electron chi connectivity index (χ1n) is 7.02. The smallest absolute Gasteiger partial charge is 0.326 e. The molecule has 0 aromatic heterocycles. The molecule has 0 radical (unpaired) electrons. The molecule has 0 bridgehead atoms. The van der Waals surface area contributed by atoms with E-state index < -0.39 is 11.6 Å². The Morgan fingerprint density at radius 3 is 2.52 bits per heavy atom. The Morgan fingerprint density at radius 2 is 1.95 bits per heavy atom. The number of esters is 1. The molecule has 1 saturated heterocycles. The molecule has 0 aliphatic carbocycles. The quantitative estimate of drug-likeness (QED) is 0.616. The van der Waals surface area contributed by atoms with Crippen molar-refractivity contribution in [3.05, 3.63) is 35.9 Å². The summed E-state index contributed by atoms with van der Waals surface area (Å²) in [5.74, 6) is -0.497. The highest BCUT2D eigenvalue weighted by Crippen LogP contribution is 2.22. The van der Waals surface area contributed by atoms with Crippen LogP contribution in [0.4, 0.5) is 0 Å². The van der Waals surface area contributed by atoms with E-state index in [-0.39, 0.29) is 18.7 Å². The Hall–Kier alpha value is -1.88. The molecule has 5 nitrogen and oxygen atoms in total. The summed E-state index contributed by atoms with van der Waals surface area (Å²) in [5, 5.41) is 0. The Kier molecular flexibility index (Phi) is 4.63. The van der Waals surface area contributed by atoms with Crippen LogP contribution in [-0.4, -0.2) is 35.2 Å². The molecule has 1 fully saturated rings. The number of nitrogens with zero attached hydrogens (tertiary/aromatic N) is 1. The van der Waals surface area contributed by atoms with Crippen LogP contribution >= 0.6 is 0 Å². The fraction of sp³-hybridized carbons (Fsp3) is 0.500. The molecule has 0 spiro atoms. The van der Waals surface area contributed by atoms with Gasteiger partial charge in [-0.05, 0) is 26.3 Å². The highest BCUT2D eigenvalue weighted by molar-refractivity contribution is 5.87. The number of carbonyl (C=O) groups is 2. The molecule has 2 rings (SSSR count). The second-order valence-electron chi connectivity index (χ2n) is 6.06. The zero-order chi connectivity index (χ0) is 15.5. The number of amides is 1. The number of β-lactam (4-membered cyclic amide) rings is 1. The van der Waals surface area contributed by atoms with Gasteiger partial charge in [0.15, 0.2) is 0 Å². The number of hydrogen-bond acceptors (Lipinski definition) is 4. The van der Waals surface area contributed by atoms with E-state index in [9.17, 15) is 9.59 Å². The summed E-state index contributed by atoms with van der Waals surface area (Å²) >= 11 is 0. The van der Waals surface area contributed by atoms with Crippen molar-refractivity contribution in [3.8, 4) is 0 Å². The van der Waals surface area contributed by atoms with Crippen molar-refractivity contribution in [3.63, 3.8) is 0 Å². The van der Waals surface area contributed by atoms with Crippen molar-refractivity contribution in [2.75, 3.05) is 6.54 Å². The maximum atomic E-state index is 11.8. The number of likely N-dealkylation sites (tertiary alicyclic amines) is 1. The SMILES string of the molecule is CC(C)(C)OC(=O)CN1C(=O)CC1OCc1ccccc1. The largest absolute Gasteiger partial charge is 0.459 e. The van der Waals surface area contributed by atoms with E-state index in [0.717, 1.165) is 5.56 Å². The highest BCUT2D eigenvalue weighted by atomic mass is 16.6. The Balaban J connectivity index is 1.82. The molecule has 1 aromatic carbocycles. The van der Waals surface area contributed by atoms with Crippen LogP contribution in [0.5, 0.6) is 0 Å². The third-order valence-corrected chi connectivity index (χ3v) is 3.02. The summed E-state index contributed by atoms with van der Waals surface area (Å²) in [6, 6.07) is 9.72. The van der Waals surface area contributed by atoms with Crippen LogP contribution in [0.3, 0.4) is 0 Å². The lowest BCUT2D eigenvalue weighted by Crippen LogP contribution is -2.56. The van der Waals surface area contributed by atoms with Gasteiger partial charge in [0, 0.05) is 0 Å². The lowest BCUT2D eigenvalue weighted by atomic mass is 10.1. The third kappa shape index (κ3) is 4.56. The average Bonchev–Trinajstić information content (AvgIpc) is 2.40. The maximum Gasteiger partial charge on any atom is 0.326 e. The minimum Gasteiger partial charge on any atom is -0.459 e. The molecule has 114 valence electrons. The summed E-state index contributed by atoms with van der Waals surface area (Å²) in [4.78, 5) is 24.8. The first-order valence-corrected chi connectivity index (χ1v) is 7.02. The molecule has 1 aromatic rings. The summed E-state index contributed by atoms with van der Waals surface area (Å²) in [6.07, 6.45) is -0.0273. The zero-order valence-electron chi connectivity index (χ0n) is 12.7. The van der Waals surface area contributed by atoms with Crippen molar-refractivity contribution in [2.24, 2.45) is 0 Å². The van der Waals surface area contributed by atoms with Gasteiger partial charge in [0.25, 0.3) is 0 Å². The van der Waals surface area contributed by atoms with Crippen LogP contribution in [0.25, 0.3) is 0 Å². The van der Waals surface area contributed by atoms with Gasteiger partial charge >= 0.3 is 5.97 Å². The van der Waals surface area contributed by atoms with Gasteiger partial charge in [0.1, 0.15) is 18.4 Å². The van der Waals surface area contributed by atoms with Gasteiger partial charge in [-0.15, -0.1) is 0 Å². The van der Waals surface area contributed by atoms with E-state index in [1.54, 1.807) is 20.8 Å². The summed E-state index contributed by atoms with van der Waals surface area (Å²) in [5.41, 5.74) is 0.486. The van der Waals surface area contributed by atoms with Gasteiger partial charge < -0.3 is 14.4 Å². The summed E-state index contributed by atoms with van der Waals surface area (Å²) < 4.78 is 10.9. The van der Waals surface area contributed by atoms with Gasteiger partial charge in [-0.25, -0.2) is 0 Å². The minimum atomic E-state index is -0.550. The first kappa shape index (κ1) is 15.5. The average molecular weight is 291 g/mol. The monoisotopic (exact) mass is 291 g/mol. The van der Waals surface area contributed by atoms with E-state index in [4.69, 9.17) is 9.47 Å². The lowest BCUT2D eigenvalue weighted by molar-refractivity contribution is -0.185. The molecule has 1 heterocycles. The highest BCUT2D eigenvalue weighted by Gasteiger charge is 2.38. The summed E-state index contributed by atoms with van der Waals surface area (Å²) in [7, 11) is 0. The van der Waals surface area contributed by atoms with E-state index in [2.05, 4.69) is 0 Å². The number of ether oxygens (including phenoxy) is 2. The van der Waals surface area contributed by atoms with E-state index in [1.165, 1.54) is 4.90 Å². The van der Waals surface area contributed by atoms with Crippen LogP contribution in [0.1, 0.15) is 32.8 Å². The number of carbonyl (C=O) groups excluding carboxylic acids is 2. The maximum absolute atomic E-state index is 11.8. The number of hydrogen-bond donors (Lipinski definition) is 0. The van der Waals surface area contributed by atoms with Crippen molar-refractivity contribution in [1.29, 1.82) is 0 Å². The molecule has 0 saturated carbocycles. The van der Waals surface area contributed by atoms with Crippen LogP contribution in [0.2, 0.25) is 0 Å². The fourth-order valence-electron chi connectivity index (χ4n) is 2.04. The van der Waals surface area contributed by atoms with Crippen LogP contribution in [-0.2, 0) is 25.7 Å². The zero-order valence-corrected chi connectivity index (χ0v) is 12.7. The topological polar surface area (TPSA) is 55.8 Å². The standard InChI is InChI=1S/C16H21NO4/c1-16(2,3)21-15(19)10-17-13(18)9-14(17)20-11-12-7-5-4-6-8-12/h4-8,14H,9-11H2,1-3H3.